The van der Waals surface area contributed by atoms with Crippen molar-refractivity contribution in [2.45, 2.75) is 19.0 Å². The summed E-state index contributed by atoms with van der Waals surface area (Å²) in [5.74, 6) is -2.02. The lowest BCUT2D eigenvalue weighted by atomic mass is 10.1. The van der Waals surface area contributed by atoms with E-state index in [9.17, 15) is 13.6 Å². The Morgan fingerprint density at radius 2 is 2.32 bits per heavy atom. The van der Waals surface area contributed by atoms with Gasteiger partial charge in [-0.05, 0) is 18.6 Å². The molecule has 116 valence electrons. The summed E-state index contributed by atoms with van der Waals surface area (Å²) >= 11 is 1.60. The average molecular weight is 323 g/mol. The zero-order valence-electron chi connectivity index (χ0n) is 11.8. The number of benzene rings is 1. The van der Waals surface area contributed by atoms with Crippen LogP contribution in [-0.2, 0) is 6.54 Å². The van der Waals surface area contributed by atoms with Gasteiger partial charge in [0.15, 0.2) is 0 Å². The van der Waals surface area contributed by atoms with E-state index in [2.05, 4.69) is 15.2 Å². The van der Waals surface area contributed by atoms with Crippen molar-refractivity contribution in [3.05, 3.63) is 52.0 Å². The molecule has 1 N–H and O–H groups in total. The van der Waals surface area contributed by atoms with E-state index in [1.54, 1.807) is 16.8 Å². The van der Waals surface area contributed by atoms with Gasteiger partial charge in [-0.1, -0.05) is 0 Å². The lowest BCUT2D eigenvalue weighted by Crippen LogP contribution is -2.37. The third kappa shape index (κ3) is 3.48. The van der Waals surface area contributed by atoms with Crippen molar-refractivity contribution in [1.82, 2.24) is 15.2 Å². The Balaban J connectivity index is 1.56. The SMILES string of the molecule is O=C(N[C@H]1CCN(Cc2cncs2)C1)c1ccc(F)cc1F. The summed E-state index contributed by atoms with van der Waals surface area (Å²) in [4.78, 5) is 19.5. The second-order valence-corrected chi connectivity index (χ2v) is 6.26. The first kappa shape index (κ1) is 15.1. The molecule has 1 aliphatic rings. The normalized spacial score (nSPS) is 18.5. The van der Waals surface area contributed by atoms with Gasteiger partial charge in [-0.25, -0.2) is 8.78 Å². The molecule has 1 aliphatic heterocycles. The molecular weight excluding hydrogens is 308 g/mol. The highest BCUT2D eigenvalue weighted by Crippen LogP contribution is 2.17. The van der Waals surface area contributed by atoms with Crippen molar-refractivity contribution in [2.75, 3.05) is 13.1 Å². The average Bonchev–Trinajstić information content (AvgIpc) is 3.11. The van der Waals surface area contributed by atoms with Crippen molar-refractivity contribution in [3.8, 4) is 0 Å². The molecule has 0 bridgehead atoms. The van der Waals surface area contributed by atoms with E-state index in [0.29, 0.717) is 6.54 Å². The summed E-state index contributed by atoms with van der Waals surface area (Å²) in [6.45, 7) is 2.39. The molecule has 0 saturated carbocycles. The number of thiazole rings is 1. The van der Waals surface area contributed by atoms with Gasteiger partial charge in [0, 0.05) is 42.8 Å². The molecule has 7 heteroatoms. The van der Waals surface area contributed by atoms with Gasteiger partial charge in [0.25, 0.3) is 5.91 Å². The number of carbonyl (C=O) groups is 1. The van der Waals surface area contributed by atoms with Crippen molar-refractivity contribution in [3.63, 3.8) is 0 Å². The fraction of sp³-hybridized carbons (Fsp3) is 0.333. The van der Waals surface area contributed by atoms with Crippen LogP contribution >= 0.6 is 11.3 Å². The van der Waals surface area contributed by atoms with Crippen molar-refractivity contribution in [2.24, 2.45) is 0 Å². The third-order valence-corrected chi connectivity index (χ3v) is 4.41. The van der Waals surface area contributed by atoms with Gasteiger partial charge in [-0.3, -0.25) is 14.7 Å². The van der Waals surface area contributed by atoms with Crippen LogP contribution in [0.5, 0.6) is 0 Å². The molecule has 4 nitrogen and oxygen atoms in total. The van der Waals surface area contributed by atoms with Crippen molar-refractivity contribution < 1.29 is 13.6 Å². The molecule has 2 heterocycles. The molecule has 1 amide bonds. The monoisotopic (exact) mass is 323 g/mol. The van der Waals surface area contributed by atoms with Gasteiger partial charge < -0.3 is 5.32 Å². The third-order valence-electron chi connectivity index (χ3n) is 3.65. The highest BCUT2D eigenvalue weighted by atomic mass is 32.1. The van der Waals surface area contributed by atoms with E-state index in [4.69, 9.17) is 0 Å². The molecule has 1 atom stereocenters. The van der Waals surface area contributed by atoms with E-state index in [0.717, 1.165) is 31.6 Å². The van der Waals surface area contributed by atoms with E-state index in [1.807, 2.05) is 6.20 Å². The first-order chi connectivity index (χ1) is 10.6. The number of halogens is 2. The zero-order valence-corrected chi connectivity index (χ0v) is 12.6. The van der Waals surface area contributed by atoms with Gasteiger partial charge >= 0.3 is 0 Å². The maximum Gasteiger partial charge on any atom is 0.254 e. The number of hydrogen-bond acceptors (Lipinski definition) is 4. The minimum absolute atomic E-state index is 0.0233. The second kappa shape index (κ2) is 6.50. The summed E-state index contributed by atoms with van der Waals surface area (Å²) in [5.41, 5.74) is 1.67. The molecule has 0 spiro atoms. The number of rotatable bonds is 4. The van der Waals surface area contributed by atoms with Gasteiger partial charge in [0.2, 0.25) is 0 Å². The molecule has 22 heavy (non-hydrogen) atoms. The smallest absolute Gasteiger partial charge is 0.254 e. The number of aromatic nitrogens is 1. The number of carbonyl (C=O) groups excluding carboxylic acids is 1. The maximum atomic E-state index is 13.6. The van der Waals surface area contributed by atoms with Crippen LogP contribution in [0, 0.1) is 11.6 Å². The number of likely N-dealkylation sites (tertiary alicyclic amines) is 1. The highest BCUT2D eigenvalue weighted by molar-refractivity contribution is 7.09. The first-order valence-corrected chi connectivity index (χ1v) is 7.85. The summed E-state index contributed by atoms with van der Waals surface area (Å²) < 4.78 is 26.5. The largest absolute Gasteiger partial charge is 0.348 e. The van der Waals surface area contributed by atoms with Crippen molar-refractivity contribution >= 4 is 17.2 Å². The van der Waals surface area contributed by atoms with E-state index in [-0.39, 0.29) is 11.6 Å². The lowest BCUT2D eigenvalue weighted by Gasteiger charge is -2.16. The molecule has 0 unspecified atom stereocenters. The predicted octanol–water partition coefficient (Wildman–Crippen LogP) is 2.43. The Morgan fingerprint density at radius 3 is 3.05 bits per heavy atom. The van der Waals surface area contributed by atoms with Gasteiger partial charge in [0.05, 0.1) is 11.1 Å². The Labute approximate surface area is 130 Å². The van der Waals surface area contributed by atoms with Crippen LogP contribution in [0.2, 0.25) is 0 Å². The van der Waals surface area contributed by atoms with E-state index < -0.39 is 17.5 Å². The molecule has 1 saturated heterocycles. The Bertz CT molecular complexity index is 663. The fourth-order valence-corrected chi connectivity index (χ4v) is 3.21. The van der Waals surface area contributed by atoms with Gasteiger partial charge in [-0.2, -0.15) is 0 Å². The number of nitrogens with one attached hydrogen (secondary N) is 1. The maximum absolute atomic E-state index is 13.6. The summed E-state index contributed by atoms with van der Waals surface area (Å²) in [7, 11) is 0. The molecule has 0 aliphatic carbocycles. The Hall–Kier alpha value is -1.86. The molecule has 2 aromatic rings. The Morgan fingerprint density at radius 1 is 1.45 bits per heavy atom. The van der Waals surface area contributed by atoms with Crippen LogP contribution < -0.4 is 5.32 Å². The molecule has 1 fully saturated rings. The van der Waals surface area contributed by atoms with Crippen LogP contribution in [-0.4, -0.2) is 34.9 Å². The summed E-state index contributed by atoms with van der Waals surface area (Å²) in [6.07, 6.45) is 2.65. The van der Waals surface area contributed by atoms with Crippen LogP contribution in [0.1, 0.15) is 21.7 Å². The molecular formula is C15H15F2N3OS. The second-order valence-electron chi connectivity index (χ2n) is 5.29. The first-order valence-electron chi connectivity index (χ1n) is 6.97. The van der Waals surface area contributed by atoms with Crippen LogP contribution in [0.25, 0.3) is 0 Å². The van der Waals surface area contributed by atoms with Crippen LogP contribution in [0.3, 0.4) is 0 Å². The summed E-state index contributed by atoms with van der Waals surface area (Å²) in [6, 6.07) is 2.96. The highest BCUT2D eigenvalue weighted by Gasteiger charge is 2.25. The van der Waals surface area contributed by atoms with Crippen LogP contribution in [0.15, 0.2) is 29.9 Å². The Kier molecular flexibility index (Phi) is 4.44. The molecule has 0 radical (unpaired) electrons. The topological polar surface area (TPSA) is 45.2 Å². The minimum atomic E-state index is -0.836. The standard InChI is InChI=1S/C15H15F2N3OS/c16-10-1-2-13(14(17)5-10)15(21)19-11-3-4-20(7-11)8-12-6-18-9-22-12/h1-2,5-6,9,11H,3-4,7-8H2,(H,19,21)/t11-/m0/s1. The van der Waals surface area contributed by atoms with E-state index in [1.165, 1.54) is 10.9 Å². The van der Waals surface area contributed by atoms with Gasteiger partial charge in [0.1, 0.15) is 11.6 Å². The number of nitrogens with zero attached hydrogens (tertiary/aromatic N) is 2. The molecule has 1 aromatic carbocycles. The van der Waals surface area contributed by atoms with E-state index >= 15 is 0 Å². The lowest BCUT2D eigenvalue weighted by molar-refractivity contribution is 0.0933. The summed E-state index contributed by atoms with van der Waals surface area (Å²) in [5, 5.41) is 2.81. The number of hydrogen-bond donors (Lipinski definition) is 1. The van der Waals surface area contributed by atoms with Crippen LogP contribution in [0.4, 0.5) is 8.78 Å². The zero-order chi connectivity index (χ0) is 15.5. The fourth-order valence-electron chi connectivity index (χ4n) is 2.57. The van der Waals surface area contributed by atoms with Gasteiger partial charge in [-0.15, -0.1) is 11.3 Å². The minimum Gasteiger partial charge on any atom is -0.348 e. The number of amides is 1. The predicted molar refractivity (Wildman–Crippen MR) is 79.6 cm³/mol. The van der Waals surface area contributed by atoms with Crippen molar-refractivity contribution in [1.29, 1.82) is 0 Å². The molecule has 1 aromatic heterocycles. The molecule has 3 rings (SSSR count). The quantitative estimate of drug-likeness (QED) is 0.940.